The lowest BCUT2D eigenvalue weighted by Crippen LogP contribution is -2.44. The first-order valence-corrected chi connectivity index (χ1v) is 8.47. The van der Waals surface area contributed by atoms with Crippen molar-refractivity contribution in [3.63, 3.8) is 0 Å². The Labute approximate surface area is 127 Å². The molecule has 3 aliphatic heterocycles. The fourth-order valence-corrected chi connectivity index (χ4v) is 3.63. The zero-order valence-corrected chi connectivity index (χ0v) is 13.0. The number of hydrogen-bond acceptors (Lipinski definition) is 4. The van der Waals surface area contributed by atoms with Gasteiger partial charge in [0.05, 0.1) is 13.2 Å². The Morgan fingerprint density at radius 3 is 2.33 bits per heavy atom. The van der Waals surface area contributed by atoms with Crippen LogP contribution < -0.4 is 0 Å². The van der Waals surface area contributed by atoms with Crippen molar-refractivity contribution in [3.8, 4) is 0 Å². The molecule has 3 saturated heterocycles. The normalized spacial score (nSPS) is 29.0. The minimum absolute atomic E-state index is 0.343. The molecular weight excluding hydrogens is 268 g/mol. The Bertz CT molecular complexity index is 330. The van der Waals surface area contributed by atoms with Gasteiger partial charge < -0.3 is 14.4 Å². The van der Waals surface area contributed by atoms with Crippen LogP contribution in [0.4, 0.5) is 0 Å². The van der Waals surface area contributed by atoms with Crippen molar-refractivity contribution in [2.75, 3.05) is 59.2 Å². The van der Waals surface area contributed by atoms with E-state index in [0.717, 1.165) is 77.8 Å². The number of morpholine rings is 1. The number of carbonyl (C=O) groups excluding carboxylic acids is 1. The van der Waals surface area contributed by atoms with Crippen molar-refractivity contribution in [2.24, 2.45) is 11.8 Å². The molecule has 5 nitrogen and oxygen atoms in total. The Morgan fingerprint density at radius 2 is 1.67 bits per heavy atom. The number of piperidine rings is 1. The van der Waals surface area contributed by atoms with Crippen LogP contribution in [0, 0.1) is 11.8 Å². The molecule has 3 fully saturated rings. The summed E-state index contributed by atoms with van der Waals surface area (Å²) in [4.78, 5) is 16.9. The quantitative estimate of drug-likeness (QED) is 0.776. The summed E-state index contributed by atoms with van der Waals surface area (Å²) in [5.41, 5.74) is 0. The lowest BCUT2D eigenvalue weighted by molar-refractivity contribution is -0.133. The van der Waals surface area contributed by atoms with Crippen LogP contribution in [-0.2, 0) is 14.3 Å². The van der Waals surface area contributed by atoms with Crippen molar-refractivity contribution in [1.29, 1.82) is 0 Å². The predicted octanol–water partition coefficient (Wildman–Crippen LogP) is 0.984. The van der Waals surface area contributed by atoms with Gasteiger partial charge >= 0.3 is 0 Å². The molecule has 5 heteroatoms. The second-order valence-electron chi connectivity index (χ2n) is 6.67. The monoisotopic (exact) mass is 296 g/mol. The first-order chi connectivity index (χ1) is 10.3. The molecule has 1 unspecified atom stereocenters. The van der Waals surface area contributed by atoms with Gasteiger partial charge in [0, 0.05) is 52.4 Å². The Kier molecular flexibility index (Phi) is 5.49. The van der Waals surface area contributed by atoms with Gasteiger partial charge in [-0.05, 0) is 31.1 Å². The van der Waals surface area contributed by atoms with Gasteiger partial charge in [-0.25, -0.2) is 0 Å². The summed E-state index contributed by atoms with van der Waals surface area (Å²) in [6.07, 6.45) is 4.06. The topological polar surface area (TPSA) is 42.0 Å². The van der Waals surface area contributed by atoms with E-state index in [2.05, 4.69) is 9.80 Å². The summed E-state index contributed by atoms with van der Waals surface area (Å²) < 4.78 is 10.8. The van der Waals surface area contributed by atoms with Crippen molar-refractivity contribution < 1.29 is 14.3 Å². The van der Waals surface area contributed by atoms with Crippen LogP contribution >= 0.6 is 0 Å². The van der Waals surface area contributed by atoms with E-state index >= 15 is 0 Å². The highest BCUT2D eigenvalue weighted by Gasteiger charge is 2.27. The van der Waals surface area contributed by atoms with Crippen LogP contribution in [0.1, 0.15) is 25.7 Å². The molecule has 1 amide bonds. The standard InChI is InChI=1S/C16H28N2O3/c19-16(11-15-3-8-21-13-15)18-4-1-14(2-5-18)12-17-6-9-20-10-7-17/h14-15H,1-13H2. The van der Waals surface area contributed by atoms with Gasteiger partial charge in [0.1, 0.15) is 0 Å². The van der Waals surface area contributed by atoms with Crippen molar-refractivity contribution in [1.82, 2.24) is 9.80 Å². The second kappa shape index (κ2) is 7.56. The fourth-order valence-electron chi connectivity index (χ4n) is 3.63. The van der Waals surface area contributed by atoms with E-state index in [0.29, 0.717) is 18.2 Å². The lowest BCUT2D eigenvalue weighted by Gasteiger charge is -2.36. The molecule has 0 aliphatic carbocycles. The van der Waals surface area contributed by atoms with Gasteiger partial charge in [0.25, 0.3) is 0 Å². The lowest BCUT2D eigenvalue weighted by atomic mass is 9.95. The SMILES string of the molecule is O=C(CC1CCOC1)N1CCC(CN2CCOCC2)CC1. The third-order valence-electron chi connectivity index (χ3n) is 5.07. The smallest absolute Gasteiger partial charge is 0.222 e. The molecular formula is C16H28N2O3. The van der Waals surface area contributed by atoms with Crippen molar-refractivity contribution in [2.45, 2.75) is 25.7 Å². The van der Waals surface area contributed by atoms with Crippen molar-refractivity contribution in [3.05, 3.63) is 0 Å². The van der Waals surface area contributed by atoms with E-state index in [1.54, 1.807) is 0 Å². The highest BCUT2D eigenvalue weighted by atomic mass is 16.5. The van der Waals surface area contributed by atoms with Gasteiger partial charge in [0.2, 0.25) is 5.91 Å². The molecule has 0 aromatic heterocycles. The fraction of sp³-hybridized carbons (Fsp3) is 0.938. The molecule has 120 valence electrons. The average Bonchev–Trinajstić information content (AvgIpc) is 3.02. The van der Waals surface area contributed by atoms with E-state index in [4.69, 9.17) is 9.47 Å². The molecule has 3 heterocycles. The molecule has 0 radical (unpaired) electrons. The number of carbonyl (C=O) groups is 1. The first kappa shape index (κ1) is 15.3. The molecule has 0 spiro atoms. The zero-order chi connectivity index (χ0) is 14.5. The van der Waals surface area contributed by atoms with Crippen LogP contribution in [-0.4, -0.2) is 74.9 Å². The van der Waals surface area contributed by atoms with E-state index in [1.165, 1.54) is 6.54 Å². The van der Waals surface area contributed by atoms with Gasteiger partial charge in [-0.1, -0.05) is 0 Å². The number of likely N-dealkylation sites (tertiary alicyclic amines) is 1. The number of rotatable bonds is 4. The summed E-state index contributed by atoms with van der Waals surface area (Å²) in [6.45, 7) is 8.58. The Balaban J connectivity index is 1.36. The van der Waals surface area contributed by atoms with E-state index in [1.807, 2.05) is 0 Å². The number of hydrogen-bond donors (Lipinski definition) is 0. The third kappa shape index (κ3) is 4.41. The maximum Gasteiger partial charge on any atom is 0.222 e. The predicted molar refractivity (Wildman–Crippen MR) is 80.1 cm³/mol. The summed E-state index contributed by atoms with van der Waals surface area (Å²) >= 11 is 0. The molecule has 0 bridgehead atoms. The molecule has 0 saturated carbocycles. The van der Waals surface area contributed by atoms with E-state index < -0.39 is 0 Å². The second-order valence-corrected chi connectivity index (χ2v) is 6.67. The molecule has 0 aromatic carbocycles. The van der Waals surface area contributed by atoms with Crippen LogP contribution in [0.2, 0.25) is 0 Å². The summed E-state index contributed by atoms with van der Waals surface area (Å²) in [7, 11) is 0. The molecule has 1 atom stereocenters. The van der Waals surface area contributed by atoms with Gasteiger partial charge in [-0.2, -0.15) is 0 Å². The minimum Gasteiger partial charge on any atom is -0.381 e. The Morgan fingerprint density at radius 1 is 0.905 bits per heavy atom. The molecule has 3 rings (SSSR count). The highest BCUT2D eigenvalue weighted by molar-refractivity contribution is 5.76. The van der Waals surface area contributed by atoms with Crippen LogP contribution in [0.5, 0.6) is 0 Å². The van der Waals surface area contributed by atoms with E-state index in [-0.39, 0.29) is 0 Å². The first-order valence-electron chi connectivity index (χ1n) is 8.47. The summed E-state index contributed by atoms with van der Waals surface area (Å²) in [5, 5.41) is 0. The van der Waals surface area contributed by atoms with Crippen LogP contribution in [0.25, 0.3) is 0 Å². The number of nitrogens with zero attached hydrogens (tertiary/aromatic N) is 2. The molecule has 3 aliphatic rings. The maximum atomic E-state index is 12.3. The highest BCUT2D eigenvalue weighted by Crippen LogP contribution is 2.22. The van der Waals surface area contributed by atoms with Gasteiger partial charge in [0.15, 0.2) is 0 Å². The molecule has 0 aromatic rings. The summed E-state index contributed by atoms with van der Waals surface area (Å²) in [5.74, 6) is 1.56. The van der Waals surface area contributed by atoms with Gasteiger partial charge in [-0.3, -0.25) is 9.69 Å². The number of amides is 1. The number of ether oxygens (including phenoxy) is 2. The third-order valence-corrected chi connectivity index (χ3v) is 5.07. The minimum atomic E-state index is 0.343. The van der Waals surface area contributed by atoms with Crippen LogP contribution in [0.3, 0.4) is 0 Å². The summed E-state index contributed by atoms with van der Waals surface area (Å²) in [6, 6.07) is 0. The van der Waals surface area contributed by atoms with Crippen LogP contribution in [0.15, 0.2) is 0 Å². The van der Waals surface area contributed by atoms with Gasteiger partial charge in [-0.15, -0.1) is 0 Å². The maximum absolute atomic E-state index is 12.3. The van der Waals surface area contributed by atoms with E-state index in [9.17, 15) is 4.79 Å². The molecule has 21 heavy (non-hydrogen) atoms. The average molecular weight is 296 g/mol. The van der Waals surface area contributed by atoms with Crippen molar-refractivity contribution >= 4 is 5.91 Å². The zero-order valence-electron chi connectivity index (χ0n) is 13.0. The largest absolute Gasteiger partial charge is 0.381 e. The Hall–Kier alpha value is -0.650. The molecule has 0 N–H and O–H groups in total.